The molecule has 2 unspecified atom stereocenters. The van der Waals surface area contributed by atoms with Crippen LogP contribution in [0.3, 0.4) is 0 Å². The van der Waals surface area contributed by atoms with Crippen LogP contribution in [0.4, 0.5) is 0 Å². The highest BCUT2D eigenvalue weighted by molar-refractivity contribution is 5.16. The van der Waals surface area contributed by atoms with E-state index in [0.717, 1.165) is 0 Å². The van der Waals surface area contributed by atoms with E-state index in [4.69, 9.17) is 5.73 Å². The third kappa shape index (κ3) is 3.09. The van der Waals surface area contributed by atoms with E-state index < -0.39 is 0 Å². The van der Waals surface area contributed by atoms with Gasteiger partial charge in [0.2, 0.25) is 0 Å². The van der Waals surface area contributed by atoms with Gasteiger partial charge in [-0.05, 0) is 43.5 Å². The Balaban J connectivity index is 2.14. The van der Waals surface area contributed by atoms with Crippen molar-refractivity contribution in [1.29, 1.82) is 0 Å². The summed E-state index contributed by atoms with van der Waals surface area (Å²) in [5.74, 6) is 0. The number of hydrogen-bond acceptors (Lipinski definition) is 3. The topological polar surface area (TPSA) is 42.1 Å². The normalized spacial score (nSPS) is 22.9. The van der Waals surface area contributed by atoms with Crippen molar-refractivity contribution in [2.45, 2.75) is 51.1 Å². The standard InChI is InChI=1S/C15H25N3/c1-2-5-14-6-3-4-11-18(14)15(12-16)13-7-9-17-10-8-13/h7-10,14-15H,2-6,11-12,16H2,1H3. The van der Waals surface area contributed by atoms with Gasteiger partial charge in [-0.15, -0.1) is 0 Å². The maximum Gasteiger partial charge on any atom is 0.0474 e. The van der Waals surface area contributed by atoms with E-state index in [2.05, 4.69) is 28.9 Å². The van der Waals surface area contributed by atoms with E-state index in [1.54, 1.807) is 0 Å². The second-order valence-corrected chi connectivity index (χ2v) is 5.21. The fourth-order valence-corrected chi connectivity index (χ4v) is 3.12. The van der Waals surface area contributed by atoms with E-state index in [1.807, 2.05) is 12.4 Å². The number of piperidine rings is 1. The lowest BCUT2D eigenvalue weighted by Crippen LogP contribution is -2.44. The second-order valence-electron chi connectivity index (χ2n) is 5.21. The van der Waals surface area contributed by atoms with Gasteiger partial charge in [0.05, 0.1) is 0 Å². The molecule has 3 heteroatoms. The van der Waals surface area contributed by atoms with E-state index in [-0.39, 0.29) is 0 Å². The molecule has 1 aromatic heterocycles. The number of hydrogen-bond donors (Lipinski definition) is 1. The fourth-order valence-electron chi connectivity index (χ4n) is 3.12. The monoisotopic (exact) mass is 247 g/mol. The van der Waals surface area contributed by atoms with Gasteiger partial charge in [-0.2, -0.15) is 0 Å². The van der Waals surface area contributed by atoms with Crippen LogP contribution in [-0.4, -0.2) is 29.0 Å². The van der Waals surface area contributed by atoms with Gasteiger partial charge in [0.15, 0.2) is 0 Å². The minimum atomic E-state index is 0.366. The largest absolute Gasteiger partial charge is 0.329 e. The van der Waals surface area contributed by atoms with E-state index in [9.17, 15) is 0 Å². The molecule has 0 amide bonds. The van der Waals surface area contributed by atoms with Gasteiger partial charge >= 0.3 is 0 Å². The van der Waals surface area contributed by atoms with Crippen molar-refractivity contribution < 1.29 is 0 Å². The number of pyridine rings is 1. The van der Waals surface area contributed by atoms with Gasteiger partial charge in [-0.1, -0.05) is 19.8 Å². The lowest BCUT2D eigenvalue weighted by Gasteiger charge is -2.41. The van der Waals surface area contributed by atoms with Gasteiger partial charge in [-0.3, -0.25) is 9.88 Å². The molecule has 2 atom stereocenters. The van der Waals surface area contributed by atoms with Crippen molar-refractivity contribution >= 4 is 0 Å². The minimum absolute atomic E-state index is 0.366. The van der Waals surface area contributed by atoms with Crippen molar-refractivity contribution in [3.05, 3.63) is 30.1 Å². The molecule has 0 saturated carbocycles. The Hall–Kier alpha value is -0.930. The van der Waals surface area contributed by atoms with Crippen LogP contribution < -0.4 is 5.73 Å². The van der Waals surface area contributed by atoms with Crippen LogP contribution in [0.2, 0.25) is 0 Å². The molecule has 0 aromatic carbocycles. The first-order chi connectivity index (χ1) is 8.86. The predicted octanol–water partition coefficient (Wildman–Crippen LogP) is 2.74. The van der Waals surface area contributed by atoms with Crippen molar-refractivity contribution in [2.24, 2.45) is 5.73 Å². The number of nitrogens with two attached hydrogens (primary N) is 1. The summed E-state index contributed by atoms with van der Waals surface area (Å²) >= 11 is 0. The Kier molecular flexibility index (Phi) is 5.14. The highest BCUT2D eigenvalue weighted by Crippen LogP contribution is 2.29. The predicted molar refractivity (Wildman–Crippen MR) is 75.3 cm³/mol. The molecule has 3 nitrogen and oxygen atoms in total. The van der Waals surface area contributed by atoms with Crippen LogP contribution in [0.1, 0.15) is 50.6 Å². The van der Waals surface area contributed by atoms with E-state index >= 15 is 0 Å². The fraction of sp³-hybridized carbons (Fsp3) is 0.667. The van der Waals surface area contributed by atoms with Gasteiger partial charge < -0.3 is 5.73 Å². The smallest absolute Gasteiger partial charge is 0.0474 e. The average molecular weight is 247 g/mol. The molecule has 0 bridgehead atoms. The molecule has 18 heavy (non-hydrogen) atoms. The second kappa shape index (κ2) is 6.86. The average Bonchev–Trinajstić information content (AvgIpc) is 2.43. The molecule has 0 aliphatic carbocycles. The summed E-state index contributed by atoms with van der Waals surface area (Å²) in [6.07, 6.45) is 10.3. The van der Waals surface area contributed by atoms with Crippen molar-refractivity contribution in [1.82, 2.24) is 9.88 Å². The molecule has 1 fully saturated rings. The Morgan fingerprint density at radius 1 is 1.39 bits per heavy atom. The summed E-state index contributed by atoms with van der Waals surface area (Å²) in [6.45, 7) is 4.16. The molecular weight excluding hydrogens is 222 g/mol. The zero-order chi connectivity index (χ0) is 12.8. The number of likely N-dealkylation sites (tertiary alicyclic amines) is 1. The molecule has 1 aliphatic rings. The van der Waals surface area contributed by atoms with Crippen LogP contribution in [0.5, 0.6) is 0 Å². The summed E-state index contributed by atoms with van der Waals surface area (Å²) in [4.78, 5) is 6.73. The zero-order valence-corrected chi connectivity index (χ0v) is 11.4. The van der Waals surface area contributed by atoms with Crippen molar-refractivity contribution in [3.63, 3.8) is 0 Å². The molecule has 0 radical (unpaired) electrons. The maximum atomic E-state index is 6.03. The molecule has 2 heterocycles. The van der Waals surface area contributed by atoms with Crippen LogP contribution in [0.25, 0.3) is 0 Å². The maximum absolute atomic E-state index is 6.03. The van der Waals surface area contributed by atoms with Crippen molar-refractivity contribution in [3.8, 4) is 0 Å². The quantitative estimate of drug-likeness (QED) is 0.870. The van der Waals surface area contributed by atoms with Gasteiger partial charge in [0.25, 0.3) is 0 Å². The van der Waals surface area contributed by atoms with Crippen LogP contribution in [0.15, 0.2) is 24.5 Å². The molecule has 2 N–H and O–H groups in total. The summed E-state index contributed by atoms with van der Waals surface area (Å²) in [5.41, 5.74) is 7.35. The van der Waals surface area contributed by atoms with Crippen LogP contribution in [0, 0.1) is 0 Å². The Labute approximate surface area is 110 Å². The molecule has 2 rings (SSSR count). The highest BCUT2D eigenvalue weighted by Gasteiger charge is 2.28. The molecule has 0 spiro atoms. The van der Waals surface area contributed by atoms with E-state index in [0.29, 0.717) is 18.6 Å². The van der Waals surface area contributed by atoms with Gasteiger partial charge in [0.1, 0.15) is 0 Å². The zero-order valence-electron chi connectivity index (χ0n) is 11.4. The highest BCUT2D eigenvalue weighted by atomic mass is 15.2. The van der Waals surface area contributed by atoms with Crippen LogP contribution in [-0.2, 0) is 0 Å². The molecule has 1 saturated heterocycles. The summed E-state index contributed by atoms with van der Waals surface area (Å²) in [7, 11) is 0. The molecular formula is C15H25N3. The Morgan fingerprint density at radius 3 is 2.83 bits per heavy atom. The number of nitrogens with zero attached hydrogens (tertiary/aromatic N) is 2. The third-order valence-corrected chi connectivity index (χ3v) is 4.01. The molecule has 100 valence electrons. The Bertz CT molecular complexity index is 337. The van der Waals surface area contributed by atoms with E-state index in [1.165, 1.54) is 44.2 Å². The third-order valence-electron chi connectivity index (χ3n) is 4.01. The first kappa shape index (κ1) is 13.5. The van der Waals surface area contributed by atoms with Crippen LogP contribution >= 0.6 is 0 Å². The molecule has 1 aromatic rings. The lowest BCUT2D eigenvalue weighted by atomic mass is 9.94. The minimum Gasteiger partial charge on any atom is -0.329 e. The first-order valence-electron chi connectivity index (χ1n) is 7.22. The summed E-state index contributed by atoms with van der Waals surface area (Å²) in [5, 5.41) is 0. The van der Waals surface area contributed by atoms with Gasteiger partial charge in [0, 0.05) is 31.0 Å². The summed E-state index contributed by atoms with van der Waals surface area (Å²) in [6, 6.07) is 5.29. The van der Waals surface area contributed by atoms with Gasteiger partial charge in [-0.25, -0.2) is 0 Å². The number of aromatic nitrogens is 1. The van der Waals surface area contributed by atoms with Crippen molar-refractivity contribution in [2.75, 3.05) is 13.1 Å². The molecule has 1 aliphatic heterocycles. The summed E-state index contributed by atoms with van der Waals surface area (Å²) < 4.78 is 0. The SMILES string of the molecule is CCCC1CCCCN1C(CN)c1ccncc1. The number of rotatable bonds is 5. The first-order valence-corrected chi connectivity index (χ1v) is 7.22. The Morgan fingerprint density at radius 2 is 2.17 bits per heavy atom. The lowest BCUT2D eigenvalue weighted by molar-refractivity contribution is 0.0912.